The predicted molar refractivity (Wildman–Crippen MR) is 190 cm³/mol. The zero-order valence-corrected chi connectivity index (χ0v) is 27.8. The zero-order chi connectivity index (χ0) is 34.2. The molecule has 1 aliphatic rings. The van der Waals surface area contributed by atoms with Crippen LogP contribution in [0.3, 0.4) is 0 Å². The smallest absolute Gasteiger partial charge is 0.216 e. The molecule has 45 heavy (non-hydrogen) atoms. The molecule has 0 unspecified atom stereocenters. The molecule has 0 N–H and O–H groups in total. The Balaban J connectivity index is 1.41. The maximum atomic E-state index is 9.35. The lowest BCUT2D eigenvalue weighted by atomic mass is 9.71. The summed E-state index contributed by atoms with van der Waals surface area (Å²) in [5.74, 6) is -0.755. The van der Waals surface area contributed by atoms with E-state index in [4.69, 9.17) is 4.42 Å². The fourth-order valence-electron chi connectivity index (χ4n) is 7.03. The third-order valence-electron chi connectivity index (χ3n) is 9.92. The van der Waals surface area contributed by atoms with Gasteiger partial charge in [0.1, 0.15) is 18.2 Å². The van der Waals surface area contributed by atoms with Crippen LogP contribution in [0.4, 0.5) is 0 Å². The number of aromatic nitrogens is 1. The fraction of sp³-hybridized carbons (Fsp3) is 0.326. The van der Waals surface area contributed by atoms with Gasteiger partial charge in [0.2, 0.25) is 5.69 Å². The SMILES string of the molecule is [2H]c1cc(C2([2H])CCC(C)(C)CC2)cc([2H])c1-c1cc(-c2c(C)ccc3c2oc2cc(-c4ccccc4)ccc23)[n+](C)cc1C(C)(C)C. The van der Waals surface area contributed by atoms with E-state index in [9.17, 15) is 4.11 Å². The molecular weight excluding hydrogens is 546 g/mol. The molecule has 4 aromatic carbocycles. The Hall–Kier alpha value is -4.17. The summed E-state index contributed by atoms with van der Waals surface area (Å²) in [5, 5.41) is 2.14. The van der Waals surface area contributed by atoms with Crippen LogP contribution in [-0.2, 0) is 12.5 Å². The zero-order valence-electron chi connectivity index (χ0n) is 30.8. The van der Waals surface area contributed by atoms with E-state index < -0.39 is 5.89 Å². The molecule has 0 aliphatic heterocycles. The van der Waals surface area contributed by atoms with Crippen molar-refractivity contribution in [2.45, 2.75) is 78.5 Å². The maximum absolute atomic E-state index is 9.35. The first-order valence-electron chi connectivity index (χ1n) is 17.8. The topological polar surface area (TPSA) is 17.0 Å². The second-order valence-corrected chi connectivity index (χ2v) is 14.8. The van der Waals surface area contributed by atoms with Crippen LogP contribution in [0.25, 0.3) is 55.4 Å². The normalized spacial score (nSPS) is 17.3. The second kappa shape index (κ2) is 11.0. The lowest BCUT2D eigenvalue weighted by Crippen LogP contribution is -2.34. The average Bonchev–Trinajstić information content (AvgIpc) is 3.40. The molecule has 0 saturated heterocycles. The van der Waals surface area contributed by atoms with Crippen molar-refractivity contribution < 1.29 is 13.1 Å². The van der Waals surface area contributed by atoms with Gasteiger partial charge in [0.05, 0.1) is 8.30 Å². The van der Waals surface area contributed by atoms with E-state index in [0.717, 1.165) is 92.3 Å². The van der Waals surface area contributed by atoms with E-state index in [1.807, 2.05) is 18.2 Å². The van der Waals surface area contributed by atoms with Crippen LogP contribution >= 0.6 is 0 Å². The Labute approximate surface area is 273 Å². The number of hydrogen-bond acceptors (Lipinski definition) is 1. The fourth-order valence-corrected chi connectivity index (χ4v) is 7.03. The Morgan fingerprint density at radius 2 is 1.53 bits per heavy atom. The van der Waals surface area contributed by atoms with Gasteiger partial charge in [-0.1, -0.05) is 107 Å². The van der Waals surface area contributed by atoms with Crippen LogP contribution < -0.4 is 4.57 Å². The van der Waals surface area contributed by atoms with Crippen LogP contribution in [0.1, 0.15) is 87.0 Å². The molecule has 0 radical (unpaired) electrons. The quantitative estimate of drug-likeness (QED) is 0.185. The van der Waals surface area contributed by atoms with Gasteiger partial charge >= 0.3 is 0 Å². The minimum absolute atomic E-state index is 0.233. The maximum Gasteiger partial charge on any atom is 0.216 e. The van der Waals surface area contributed by atoms with Crippen molar-refractivity contribution in [2.24, 2.45) is 12.5 Å². The number of benzene rings is 4. The lowest BCUT2D eigenvalue weighted by Gasteiger charge is -2.34. The number of nitrogens with zero attached hydrogens (tertiary/aromatic N) is 1. The summed E-state index contributed by atoms with van der Waals surface area (Å²) >= 11 is 0. The van der Waals surface area contributed by atoms with E-state index in [1.54, 1.807) is 0 Å². The highest BCUT2D eigenvalue weighted by molar-refractivity contribution is 6.10. The number of furan rings is 1. The summed E-state index contributed by atoms with van der Waals surface area (Å²) in [5.41, 5.74) is 10.4. The number of aryl methyl sites for hydroxylation is 2. The van der Waals surface area contributed by atoms with E-state index in [1.165, 1.54) is 0 Å². The molecule has 0 bridgehead atoms. The van der Waals surface area contributed by atoms with Gasteiger partial charge in [0.15, 0.2) is 6.20 Å². The minimum atomic E-state index is -0.755. The lowest BCUT2D eigenvalue weighted by molar-refractivity contribution is -0.660. The van der Waals surface area contributed by atoms with Crippen molar-refractivity contribution in [2.75, 3.05) is 0 Å². The van der Waals surface area contributed by atoms with Crippen molar-refractivity contribution >= 4 is 21.9 Å². The van der Waals surface area contributed by atoms with Gasteiger partial charge < -0.3 is 4.42 Å². The van der Waals surface area contributed by atoms with Crippen LogP contribution in [0, 0.1) is 12.3 Å². The number of rotatable bonds is 4. The van der Waals surface area contributed by atoms with Gasteiger partial charge in [-0.05, 0) is 94.8 Å². The van der Waals surface area contributed by atoms with Gasteiger partial charge in [-0.25, -0.2) is 4.57 Å². The first kappa shape index (κ1) is 26.1. The predicted octanol–water partition coefficient (Wildman–Crippen LogP) is 11.7. The van der Waals surface area contributed by atoms with Crippen LogP contribution in [0.15, 0.2) is 102 Å². The van der Waals surface area contributed by atoms with E-state index in [2.05, 4.69) is 120 Å². The van der Waals surface area contributed by atoms with Gasteiger partial charge in [0, 0.05) is 23.8 Å². The Bertz CT molecular complexity index is 2170. The number of hydrogen-bond donors (Lipinski definition) is 0. The highest BCUT2D eigenvalue weighted by Crippen LogP contribution is 2.44. The van der Waals surface area contributed by atoms with Crippen molar-refractivity contribution in [3.8, 4) is 33.5 Å². The van der Waals surface area contributed by atoms with Crippen molar-refractivity contribution in [3.05, 3.63) is 114 Å². The van der Waals surface area contributed by atoms with Gasteiger partial charge in [-0.2, -0.15) is 0 Å². The van der Waals surface area contributed by atoms with Gasteiger partial charge in [-0.15, -0.1) is 0 Å². The third kappa shape index (κ3) is 5.50. The molecule has 0 atom stereocenters. The van der Waals surface area contributed by atoms with E-state index in [0.29, 0.717) is 17.6 Å². The average molecular weight is 596 g/mol. The molecule has 2 nitrogen and oxygen atoms in total. The molecule has 2 aromatic heterocycles. The second-order valence-electron chi connectivity index (χ2n) is 14.8. The van der Waals surface area contributed by atoms with Crippen molar-refractivity contribution in [3.63, 3.8) is 0 Å². The Morgan fingerprint density at radius 3 is 2.22 bits per heavy atom. The molecule has 2 heteroatoms. The molecule has 1 fully saturated rings. The first-order valence-corrected chi connectivity index (χ1v) is 16.3. The summed E-state index contributed by atoms with van der Waals surface area (Å²) < 4.78 is 36.9. The first-order chi connectivity index (χ1) is 22.6. The van der Waals surface area contributed by atoms with E-state index >= 15 is 0 Å². The molecule has 228 valence electrons. The van der Waals surface area contributed by atoms with Crippen molar-refractivity contribution in [1.29, 1.82) is 0 Å². The Morgan fingerprint density at radius 1 is 0.844 bits per heavy atom. The Kier molecular flexibility index (Phi) is 6.39. The molecule has 6 aromatic rings. The molecule has 0 spiro atoms. The minimum Gasteiger partial charge on any atom is -0.455 e. The van der Waals surface area contributed by atoms with Crippen LogP contribution in [0.5, 0.6) is 0 Å². The molecule has 7 rings (SSSR count). The molecule has 1 aliphatic carbocycles. The number of pyridine rings is 1. The molecule has 1 saturated carbocycles. The standard InChI is InChI=1S/C43H46NO/c1-28-13-19-35-34-20-18-33(29-11-9-8-10-12-29)25-39(34)45-41(35)40(28)38-26-36(37(27-44(38)7)42(2,3)4)32-16-14-30(15-17-32)31-21-23-43(5,6)24-22-31/h8-20,25-27,31H,21-24H2,1-7H3/q+1/i16D,17D,31D. The molecule has 0 amide bonds. The van der Waals surface area contributed by atoms with E-state index in [-0.39, 0.29) is 10.8 Å². The summed E-state index contributed by atoms with van der Waals surface area (Å²) in [6.45, 7) is 13.2. The summed E-state index contributed by atoms with van der Waals surface area (Å²) in [6, 6.07) is 27.6. The summed E-state index contributed by atoms with van der Waals surface area (Å²) in [4.78, 5) is 0. The third-order valence-corrected chi connectivity index (χ3v) is 9.92. The molecule has 2 heterocycles. The highest BCUT2D eigenvalue weighted by atomic mass is 16.3. The number of fused-ring (bicyclic) bond motifs is 3. The van der Waals surface area contributed by atoms with Gasteiger partial charge in [-0.3, -0.25) is 0 Å². The summed E-state index contributed by atoms with van der Waals surface area (Å²) in [7, 11) is 2.07. The van der Waals surface area contributed by atoms with Crippen LogP contribution in [-0.4, -0.2) is 0 Å². The highest BCUT2D eigenvalue weighted by Gasteiger charge is 2.30. The van der Waals surface area contributed by atoms with Crippen LogP contribution in [0.2, 0.25) is 0 Å². The summed E-state index contributed by atoms with van der Waals surface area (Å²) in [6.07, 6.45) is 5.63. The van der Waals surface area contributed by atoms with Gasteiger partial charge in [0.25, 0.3) is 0 Å². The monoisotopic (exact) mass is 595 g/mol. The van der Waals surface area contributed by atoms with Crippen molar-refractivity contribution in [1.82, 2.24) is 0 Å². The molecular formula is C43H46NO+. The largest absolute Gasteiger partial charge is 0.455 e.